The van der Waals surface area contributed by atoms with Crippen molar-refractivity contribution in [2.24, 2.45) is 7.05 Å². The molecule has 1 aromatic carbocycles. The Morgan fingerprint density at radius 3 is 2.72 bits per heavy atom. The van der Waals surface area contributed by atoms with Gasteiger partial charge < -0.3 is 10.1 Å². The van der Waals surface area contributed by atoms with E-state index in [9.17, 15) is 4.79 Å². The molecule has 1 heterocycles. The van der Waals surface area contributed by atoms with Crippen LogP contribution in [0.25, 0.3) is 0 Å². The molecule has 0 aliphatic heterocycles. The quantitative estimate of drug-likeness (QED) is 0.900. The number of ether oxygens (including phenoxy) is 1. The van der Waals surface area contributed by atoms with Gasteiger partial charge in [0.15, 0.2) is 0 Å². The highest BCUT2D eigenvalue weighted by Gasteiger charge is 2.07. The van der Waals surface area contributed by atoms with Crippen LogP contribution in [-0.4, -0.2) is 15.9 Å². The first-order chi connectivity index (χ1) is 8.66. The van der Waals surface area contributed by atoms with Gasteiger partial charge in [-0.25, -0.2) is 4.79 Å². The summed E-state index contributed by atoms with van der Waals surface area (Å²) in [4.78, 5) is 11.5. The van der Waals surface area contributed by atoms with Crippen molar-refractivity contribution >= 4 is 6.09 Å². The lowest BCUT2D eigenvalue weighted by Crippen LogP contribution is -2.26. The van der Waals surface area contributed by atoms with E-state index in [2.05, 4.69) is 10.4 Å². The molecule has 0 saturated carbocycles. The second kappa shape index (κ2) is 5.35. The van der Waals surface area contributed by atoms with Crippen molar-refractivity contribution < 1.29 is 9.53 Å². The smallest absolute Gasteiger partial charge is 0.410 e. The molecule has 0 aliphatic rings. The number of nitrogens with zero attached hydrogens (tertiary/aromatic N) is 2. The first-order valence-corrected chi connectivity index (χ1v) is 5.65. The fourth-order valence-electron chi connectivity index (χ4n) is 1.52. The molecule has 94 valence electrons. The van der Waals surface area contributed by atoms with Crippen LogP contribution in [0.5, 0.6) is 5.75 Å². The minimum atomic E-state index is -0.468. The van der Waals surface area contributed by atoms with Gasteiger partial charge in [-0.1, -0.05) is 18.2 Å². The minimum Gasteiger partial charge on any atom is -0.410 e. The van der Waals surface area contributed by atoms with Gasteiger partial charge in [-0.05, 0) is 19.1 Å². The van der Waals surface area contributed by atoms with E-state index in [1.54, 1.807) is 23.0 Å². The molecule has 0 saturated heterocycles. The average molecular weight is 245 g/mol. The molecule has 2 aromatic rings. The van der Waals surface area contributed by atoms with Crippen molar-refractivity contribution in [2.45, 2.75) is 13.5 Å². The van der Waals surface area contributed by atoms with Gasteiger partial charge in [0.05, 0.1) is 6.20 Å². The summed E-state index contributed by atoms with van der Waals surface area (Å²) in [5.74, 6) is 0.526. The molecule has 5 heteroatoms. The van der Waals surface area contributed by atoms with Gasteiger partial charge in [0.25, 0.3) is 0 Å². The molecule has 0 fully saturated rings. The molecular weight excluding hydrogens is 230 g/mol. The summed E-state index contributed by atoms with van der Waals surface area (Å²) in [6, 6.07) is 8.95. The Balaban J connectivity index is 1.87. The van der Waals surface area contributed by atoms with E-state index in [0.717, 1.165) is 11.3 Å². The summed E-state index contributed by atoms with van der Waals surface area (Å²) >= 11 is 0. The molecule has 1 aromatic heterocycles. The Labute approximate surface area is 105 Å². The summed E-state index contributed by atoms with van der Waals surface area (Å²) in [5.41, 5.74) is 2.00. The number of aryl methyl sites for hydroxylation is 1. The lowest BCUT2D eigenvalue weighted by Gasteiger charge is -2.06. The van der Waals surface area contributed by atoms with Crippen LogP contribution >= 0.6 is 0 Å². The molecule has 2 rings (SSSR count). The number of amides is 1. The fraction of sp³-hybridized carbons (Fsp3) is 0.231. The van der Waals surface area contributed by atoms with Gasteiger partial charge in [0, 0.05) is 24.8 Å². The maximum atomic E-state index is 11.5. The van der Waals surface area contributed by atoms with E-state index in [-0.39, 0.29) is 0 Å². The number of carbonyl (C=O) groups excluding carboxylic acids is 1. The van der Waals surface area contributed by atoms with Gasteiger partial charge in [0.2, 0.25) is 0 Å². The average Bonchev–Trinajstić information content (AvgIpc) is 2.69. The Kier molecular flexibility index (Phi) is 3.62. The number of benzene rings is 1. The van der Waals surface area contributed by atoms with E-state index < -0.39 is 6.09 Å². The molecule has 0 bridgehead atoms. The summed E-state index contributed by atoms with van der Waals surface area (Å²) in [5, 5.41) is 6.79. The van der Waals surface area contributed by atoms with Crippen molar-refractivity contribution in [3.05, 3.63) is 47.8 Å². The van der Waals surface area contributed by atoms with E-state index >= 15 is 0 Å². The standard InChI is InChI=1S/C13H15N3O2/c1-10-11(9-15-16(10)2)8-14-13(17)18-12-6-4-3-5-7-12/h3-7,9H,8H2,1-2H3,(H,14,17). The summed E-state index contributed by atoms with van der Waals surface area (Å²) in [6.45, 7) is 2.36. The number of rotatable bonds is 3. The zero-order chi connectivity index (χ0) is 13.0. The largest absolute Gasteiger partial charge is 0.412 e. The predicted octanol–water partition coefficient (Wildman–Crippen LogP) is 2.02. The van der Waals surface area contributed by atoms with Gasteiger partial charge in [-0.15, -0.1) is 0 Å². The molecule has 5 nitrogen and oxygen atoms in total. The molecule has 0 unspecified atom stereocenters. The third-order valence-electron chi connectivity index (χ3n) is 2.71. The highest BCUT2D eigenvalue weighted by molar-refractivity contribution is 5.70. The molecule has 18 heavy (non-hydrogen) atoms. The first kappa shape index (κ1) is 12.2. The fourth-order valence-corrected chi connectivity index (χ4v) is 1.52. The minimum absolute atomic E-state index is 0.408. The van der Waals surface area contributed by atoms with Crippen LogP contribution in [-0.2, 0) is 13.6 Å². The molecule has 0 aliphatic carbocycles. The maximum absolute atomic E-state index is 11.5. The zero-order valence-corrected chi connectivity index (χ0v) is 10.4. The van der Waals surface area contributed by atoms with Gasteiger partial charge in [0.1, 0.15) is 5.75 Å². The molecular formula is C13H15N3O2. The van der Waals surface area contributed by atoms with E-state index in [0.29, 0.717) is 12.3 Å². The molecule has 0 atom stereocenters. The van der Waals surface area contributed by atoms with E-state index in [1.807, 2.05) is 32.2 Å². The van der Waals surface area contributed by atoms with Crippen LogP contribution in [0.2, 0.25) is 0 Å². The van der Waals surface area contributed by atoms with Crippen molar-refractivity contribution in [3.8, 4) is 5.75 Å². The van der Waals surface area contributed by atoms with Gasteiger partial charge in [-0.3, -0.25) is 4.68 Å². The van der Waals surface area contributed by atoms with Gasteiger partial charge in [-0.2, -0.15) is 5.10 Å². The number of carbonyl (C=O) groups is 1. The molecule has 1 N–H and O–H groups in total. The topological polar surface area (TPSA) is 56.1 Å². The second-order valence-corrected chi connectivity index (χ2v) is 3.93. The van der Waals surface area contributed by atoms with Crippen molar-refractivity contribution in [1.29, 1.82) is 0 Å². The second-order valence-electron chi connectivity index (χ2n) is 3.93. The summed E-state index contributed by atoms with van der Waals surface area (Å²) < 4.78 is 6.87. The third kappa shape index (κ3) is 2.88. The predicted molar refractivity (Wildman–Crippen MR) is 67.3 cm³/mol. The number of hydrogen-bond donors (Lipinski definition) is 1. The molecule has 0 radical (unpaired) electrons. The number of hydrogen-bond acceptors (Lipinski definition) is 3. The Morgan fingerprint density at radius 2 is 2.11 bits per heavy atom. The van der Waals surface area contributed by atoms with E-state index in [4.69, 9.17) is 4.74 Å². The Bertz CT molecular complexity index is 534. The summed E-state index contributed by atoms with van der Waals surface area (Å²) in [7, 11) is 1.86. The number of para-hydroxylation sites is 1. The van der Waals surface area contributed by atoms with Crippen LogP contribution in [0.15, 0.2) is 36.5 Å². The highest BCUT2D eigenvalue weighted by Crippen LogP contribution is 2.09. The van der Waals surface area contributed by atoms with Crippen molar-refractivity contribution in [3.63, 3.8) is 0 Å². The Morgan fingerprint density at radius 1 is 1.39 bits per heavy atom. The Hall–Kier alpha value is -2.30. The number of nitrogens with one attached hydrogen (secondary N) is 1. The highest BCUT2D eigenvalue weighted by atomic mass is 16.5. The van der Waals surface area contributed by atoms with Crippen molar-refractivity contribution in [2.75, 3.05) is 0 Å². The maximum Gasteiger partial charge on any atom is 0.412 e. The van der Waals surface area contributed by atoms with Crippen LogP contribution in [0.3, 0.4) is 0 Å². The third-order valence-corrected chi connectivity index (χ3v) is 2.71. The van der Waals surface area contributed by atoms with Crippen LogP contribution < -0.4 is 10.1 Å². The number of aromatic nitrogens is 2. The monoisotopic (exact) mass is 245 g/mol. The molecule has 0 spiro atoms. The van der Waals surface area contributed by atoms with Gasteiger partial charge >= 0.3 is 6.09 Å². The molecule has 1 amide bonds. The lowest BCUT2D eigenvalue weighted by molar-refractivity contribution is 0.200. The van der Waals surface area contributed by atoms with Crippen molar-refractivity contribution in [1.82, 2.24) is 15.1 Å². The van der Waals surface area contributed by atoms with E-state index in [1.165, 1.54) is 0 Å². The van der Waals surface area contributed by atoms with Crippen LogP contribution in [0, 0.1) is 6.92 Å². The zero-order valence-electron chi connectivity index (χ0n) is 10.4. The lowest BCUT2D eigenvalue weighted by atomic mass is 10.2. The first-order valence-electron chi connectivity index (χ1n) is 5.65. The SMILES string of the molecule is Cc1c(CNC(=O)Oc2ccccc2)cnn1C. The van der Waals surface area contributed by atoms with Crippen LogP contribution in [0.1, 0.15) is 11.3 Å². The van der Waals surface area contributed by atoms with Crippen LogP contribution in [0.4, 0.5) is 4.79 Å². The normalized spacial score (nSPS) is 10.1. The summed E-state index contributed by atoms with van der Waals surface area (Å²) in [6.07, 6.45) is 1.27.